The zero-order chi connectivity index (χ0) is 16.6. The molecule has 1 amide bonds. The van der Waals surface area contributed by atoms with Gasteiger partial charge in [0.05, 0.1) is 6.54 Å². The van der Waals surface area contributed by atoms with E-state index in [9.17, 15) is 4.79 Å². The summed E-state index contributed by atoms with van der Waals surface area (Å²) in [6.07, 6.45) is 0. The molecule has 0 spiro atoms. The topological polar surface area (TPSA) is 83.8 Å². The van der Waals surface area contributed by atoms with Crippen LogP contribution in [-0.4, -0.2) is 21.0 Å². The predicted molar refractivity (Wildman–Crippen MR) is 87.2 cm³/mol. The Kier molecular flexibility index (Phi) is 3.67. The molecule has 0 aliphatic heterocycles. The minimum absolute atomic E-state index is 0.180. The summed E-state index contributed by atoms with van der Waals surface area (Å²) < 4.78 is 5.17. The molecule has 1 aromatic carbocycles. The Bertz CT molecular complexity index is 855. The van der Waals surface area contributed by atoms with Crippen LogP contribution in [0.1, 0.15) is 48.5 Å². The highest BCUT2D eigenvalue weighted by Crippen LogP contribution is 2.19. The van der Waals surface area contributed by atoms with Gasteiger partial charge >= 0.3 is 0 Å². The molecule has 0 bridgehead atoms. The van der Waals surface area contributed by atoms with Gasteiger partial charge in [-0.2, -0.15) is 4.98 Å². The number of nitrogens with zero attached hydrogens (tertiary/aromatic N) is 2. The molecule has 0 saturated carbocycles. The summed E-state index contributed by atoms with van der Waals surface area (Å²) in [4.78, 5) is 19.7. The molecule has 0 aliphatic carbocycles. The van der Waals surface area contributed by atoms with Crippen LogP contribution < -0.4 is 5.32 Å². The first-order valence-electron chi connectivity index (χ1n) is 7.53. The molecular formula is C17H20N4O2. The van der Waals surface area contributed by atoms with Crippen LogP contribution in [0.5, 0.6) is 0 Å². The molecule has 23 heavy (non-hydrogen) atoms. The highest BCUT2D eigenvalue weighted by molar-refractivity contribution is 5.98. The van der Waals surface area contributed by atoms with Gasteiger partial charge in [0.25, 0.3) is 5.91 Å². The summed E-state index contributed by atoms with van der Waals surface area (Å²) >= 11 is 0. The maximum absolute atomic E-state index is 12.2. The van der Waals surface area contributed by atoms with Crippen molar-refractivity contribution in [3.8, 4) is 0 Å². The molecular weight excluding hydrogens is 292 g/mol. The highest BCUT2D eigenvalue weighted by Gasteiger charge is 2.21. The summed E-state index contributed by atoms with van der Waals surface area (Å²) in [5.41, 5.74) is 2.43. The first-order chi connectivity index (χ1) is 10.8. The number of aromatic nitrogens is 3. The standard InChI is InChI=1S/C17H20N4O2/c1-10-5-6-12-11(7-10)8-13(19-12)15(22)18-9-14-20-16(21-23-14)17(2,3)4/h5-8,19H,9H2,1-4H3,(H,18,22). The monoisotopic (exact) mass is 312 g/mol. The lowest BCUT2D eigenvalue weighted by atomic mass is 9.96. The fourth-order valence-electron chi connectivity index (χ4n) is 2.26. The van der Waals surface area contributed by atoms with Crippen molar-refractivity contribution in [1.82, 2.24) is 20.4 Å². The van der Waals surface area contributed by atoms with Crippen molar-refractivity contribution in [2.75, 3.05) is 0 Å². The van der Waals surface area contributed by atoms with Gasteiger partial charge in [0, 0.05) is 16.3 Å². The summed E-state index contributed by atoms with van der Waals surface area (Å²) in [6.45, 7) is 8.25. The Labute approximate surface area is 134 Å². The zero-order valence-electron chi connectivity index (χ0n) is 13.7. The molecule has 3 rings (SSSR count). The van der Waals surface area contributed by atoms with Crippen LogP contribution in [0.4, 0.5) is 0 Å². The highest BCUT2D eigenvalue weighted by atomic mass is 16.5. The quantitative estimate of drug-likeness (QED) is 0.778. The summed E-state index contributed by atoms with van der Waals surface area (Å²) in [5.74, 6) is 0.826. The van der Waals surface area contributed by atoms with E-state index in [-0.39, 0.29) is 17.9 Å². The number of hydrogen-bond acceptors (Lipinski definition) is 4. The number of nitrogens with one attached hydrogen (secondary N) is 2. The third kappa shape index (κ3) is 3.26. The normalized spacial score (nSPS) is 11.8. The van der Waals surface area contributed by atoms with Crippen LogP contribution in [0.15, 0.2) is 28.8 Å². The second kappa shape index (κ2) is 5.53. The smallest absolute Gasteiger partial charge is 0.268 e. The van der Waals surface area contributed by atoms with Crippen LogP contribution in [-0.2, 0) is 12.0 Å². The van der Waals surface area contributed by atoms with Crippen LogP contribution in [0.3, 0.4) is 0 Å². The third-order valence-corrected chi connectivity index (χ3v) is 3.56. The van der Waals surface area contributed by atoms with Crippen molar-refractivity contribution in [2.45, 2.75) is 39.7 Å². The molecule has 6 nitrogen and oxygen atoms in total. The Morgan fingerprint density at radius 1 is 1.30 bits per heavy atom. The number of carbonyl (C=O) groups excluding carboxylic acids is 1. The van der Waals surface area contributed by atoms with E-state index in [0.717, 1.165) is 16.5 Å². The van der Waals surface area contributed by atoms with Gasteiger partial charge in [0.1, 0.15) is 5.69 Å². The van der Waals surface area contributed by atoms with Crippen LogP contribution >= 0.6 is 0 Å². The number of hydrogen-bond donors (Lipinski definition) is 2. The van der Waals surface area contributed by atoms with E-state index < -0.39 is 0 Å². The largest absolute Gasteiger partial charge is 0.351 e. The molecule has 2 N–H and O–H groups in total. The number of amides is 1. The van der Waals surface area contributed by atoms with Gasteiger partial charge < -0.3 is 14.8 Å². The average Bonchev–Trinajstić information content (AvgIpc) is 3.10. The van der Waals surface area contributed by atoms with Crippen LogP contribution in [0, 0.1) is 6.92 Å². The maximum Gasteiger partial charge on any atom is 0.268 e. The van der Waals surface area contributed by atoms with Gasteiger partial charge in [-0.05, 0) is 25.1 Å². The van der Waals surface area contributed by atoms with Crippen molar-refractivity contribution < 1.29 is 9.32 Å². The average molecular weight is 312 g/mol. The molecule has 2 aromatic heterocycles. The van der Waals surface area contributed by atoms with E-state index in [1.807, 2.05) is 52.0 Å². The Hall–Kier alpha value is -2.63. The number of fused-ring (bicyclic) bond motifs is 1. The minimum atomic E-state index is -0.200. The van der Waals surface area contributed by atoms with E-state index in [1.165, 1.54) is 0 Å². The fourth-order valence-corrected chi connectivity index (χ4v) is 2.26. The molecule has 6 heteroatoms. The van der Waals surface area contributed by atoms with Gasteiger partial charge in [0.15, 0.2) is 5.82 Å². The Morgan fingerprint density at radius 3 is 2.78 bits per heavy atom. The van der Waals surface area contributed by atoms with E-state index in [4.69, 9.17) is 4.52 Å². The van der Waals surface area contributed by atoms with E-state index >= 15 is 0 Å². The lowest BCUT2D eigenvalue weighted by Crippen LogP contribution is -2.23. The van der Waals surface area contributed by atoms with Crippen LogP contribution in [0.25, 0.3) is 10.9 Å². The minimum Gasteiger partial charge on any atom is -0.351 e. The van der Waals surface area contributed by atoms with E-state index in [0.29, 0.717) is 17.4 Å². The number of aromatic amines is 1. The third-order valence-electron chi connectivity index (χ3n) is 3.56. The molecule has 0 radical (unpaired) electrons. The number of aryl methyl sites for hydroxylation is 1. The van der Waals surface area contributed by atoms with Crippen molar-refractivity contribution in [2.24, 2.45) is 0 Å². The molecule has 0 atom stereocenters. The first-order valence-corrected chi connectivity index (χ1v) is 7.53. The lowest BCUT2D eigenvalue weighted by Gasteiger charge is -2.10. The SMILES string of the molecule is Cc1ccc2[nH]c(C(=O)NCc3nc(C(C)(C)C)no3)cc2c1. The first kappa shape index (κ1) is 15.3. The zero-order valence-corrected chi connectivity index (χ0v) is 13.7. The van der Waals surface area contributed by atoms with E-state index in [2.05, 4.69) is 20.4 Å². The number of benzene rings is 1. The van der Waals surface area contributed by atoms with Gasteiger partial charge in [-0.1, -0.05) is 37.6 Å². The molecule has 0 aliphatic rings. The predicted octanol–water partition coefficient (Wildman–Crippen LogP) is 3.09. The summed E-state index contributed by atoms with van der Waals surface area (Å²) in [7, 11) is 0. The van der Waals surface area contributed by atoms with Crippen molar-refractivity contribution in [3.63, 3.8) is 0 Å². The van der Waals surface area contributed by atoms with Gasteiger partial charge in [-0.15, -0.1) is 0 Å². The van der Waals surface area contributed by atoms with Crippen molar-refractivity contribution in [3.05, 3.63) is 47.2 Å². The second-order valence-corrected chi connectivity index (χ2v) is 6.72. The molecule has 0 fully saturated rings. The number of rotatable bonds is 3. The number of H-pyrrole nitrogens is 1. The Balaban J connectivity index is 1.70. The second-order valence-electron chi connectivity index (χ2n) is 6.72. The molecule has 3 aromatic rings. The van der Waals surface area contributed by atoms with Gasteiger partial charge in [0.2, 0.25) is 5.89 Å². The van der Waals surface area contributed by atoms with Crippen molar-refractivity contribution in [1.29, 1.82) is 0 Å². The van der Waals surface area contributed by atoms with Gasteiger partial charge in [-0.25, -0.2) is 0 Å². The van der Waals surface area contributed by atoms with Crippen LogP contribution in [0.2, 0.25) is 0 Å². The van der Waals surface area contributed by atoms with Gasteiger partial charge in [-0.3, -0.25) is 4.79 Å². The van der Waals surface area contributed by atoms with E-state index in [1.54, 1.807) is 0 Å². The maximum atomic E-state index is 12.2. The molecule has 0 unspecified atom stereocenters. The summed E-state index contributed by atoms with van der Waals surface area (Å²) in [6, 6.07) is 7.85. The molecule has 2 heterocycles. The lowest BCUT2D eigenvalue weighted by molar-refractivity contribution is 0.0942. The molecule has 0 saturated heterocycles. The van der Waals surface area contributed by atoms with Crippen molar-refractivity contribution >= 4 is 16.8 Å². The number of carbonyl (C=O) groups is 1. The molecule has 120 valence electrons. The fraction of sp³-hybridized carbons (Fsp3) is 0.353. The Morgan fingerprint density at radius 2 is 2.09 bits per heavy atom. The summed E-state index contributed by atoms with van der Waals surface area (Å²) in [5, 5.41) is 7.74.